The van der Waals surface area contributed by atoms with Gasteiger partial charge in [-0.3, -0.25) is 0 Å². The van der Waals surface area contributed by atoms with Crippen molar-refractivity contribution >= 4 is 0 Å². The van der Waals surface area contributed by atoms with Crippen molar-refractivity contribution in [3.63, 3.8) is 0 Å². The summed E-state index contributed by atoms with van der Waals surface area (Å²) in [4.78, 5) is 0. The predicted molar refractivity (Wildman–Crippen MR) is 2.06 cm³/mol. The number of hydrogen-bond donors (Lipinski definition) is 0. The van der Waals surface area contributed by atoms with Crippen LogP contribution in [-0.4, -0.2) is 0 Å². The Bertz CT molecular complexity index is 72.7. The van der Waals surface area contributed by atoms with E-state index in [4.69, 9.17) is 6.28 Å². The zero-order chi connectivity index (χ0) is 3.58. The van der Waals surface area contributed by atoms with Gasteiger partial charge in [-0.2, -0.15) is 0 Å². The predicted octanol–water partition coefficient (Wildman–Crippen LogP) is -0.356. The SMILES string of the molecule is [O]=[Pa](=[O])=[O]. The zero-order valence-corrected chi connectivity index (χ0v) is 6.61. The fourth-order valence-electron chi connectivity index (χ4n) is 0. The average molecular weight is 279 g/mol. The van der Waals surface area contributed by atoms with E-state index in [9.17, 15) is 0 Å². The molecule has 0 aromatic carbocycles. The Hall–Kier alpha value is 0.491. The molecule has 3 nitrogen and oxygen atoms in total. The molecule has 4 heavy (non-hydrogen) atoms. The van der Waals surface area contributed by atoms with Gasteiger partial charge in [-0.25, -0.2) is 0 Å². The van der Waals surface area contributed by atoms with Gasteiger partial charge in [0.2, 0.25) is 0 Å². The van der Waals surface area contributed by atoms with Crippen molar-refractivity contribution < 1.29 is 33.5 Å². The fourth-order valence-corrected chi connectivity index (χ4v) is 0. The molecule has 21 valence electrons. The number of rotatable bonds is 0. The van der Waals surface area contributed by atoms with E-state index >= 15 is 0 Å². The third-order valence-electron chi connectivity index (χ3n) is 0. The summed E-state index contributed by atoms with van der Waals surface area (Å²) in [5.74, 6) is 0. The topological polar surface area (TPSA) is 51.2 Å². The maximum absolute atomic E-state index is 8.65. The Kier molecular flexibility index (Phi) is 2.00. The van der Waals surface area contributed by atoms with Crippen molar-refractivity contribution in [2.75, 3.05) is 0 Å². The van der Waals surface area contributed by atoms with E-state index in [1.54, 1.807) is 0 Å². The van der Waals surface area contributed by atoms with E-state index in [-0.39, 0.29) is 0 Å². The first-order chi connectivity index (χ1) is 1.73. The van der Waals surface area contributed by atoms with Crippen LogP contribution < -0.4 is 0 Å². The summed E-state index contributed by atoms with van der Waals surface area (Å²) in [6, 6.07) is 0. The Morgan fingerprint density at radius 1 is 1.00 bits per heavy atom. The first kappa shape index (κ1) is 4.49. The Balaban J connectivity index is 4.65. The van der Waals surface area contributed by atoms with Crippen LogP contribution in [0.1, 0.15) is 0 Å². The summed E-state index contributed by atoms with van der Waals surface area (Å²) in [6.45, 7) is 0. The molecule has 0 fully saturated rings. The van der Waals surface area contributed by atoms with Crippen LogP contribution in [0, 0.1) is 27.2 Å². The van der Waals surface area contributed by atoms with E-state index in [1.807, 2.05) is 0 Å². The first-order valence-corrected chi connectivity index (χ1v) is 6.60. The van der Waals surface area contributed by atoms with Crippen molar-refractivity contribution in [1.82, 2.24) is 0 Å². The van der Waals surface area contributed by atoms with Gasteiger partial charge in [0.1, 0.15) is 0 Å². The molecule has 0 spiro atoms. The minimum atomic E-state index is -4.52. The van der Waals surface area contributed by atoms with Crippen LogP contribution in [0.4, 0.5) is 0 Å². The molecule has 0 radical (unpaired) electrons. The Morgan fingerprint density at radius 3 is 1.00 bits per heavy atom. The van der Waals surface area contributed by atoms with Crippen LogP contribution in [0.25, 0.3) is 0 Å². The normalized spacial score (nSPS) is 6.00. The van der Waals surface area contributed by atoms with Gasteiger partial charge < -0.3 is 0 Å². The molecule has 0 N–H and O–H groups in total. The summed E-state index contributed by atoms with van der Waals surface area (Å²) in [7, 11) is 0. The molecule has 0 amide bonds. The van der Waals surface area contributed by atoms with Crippen LogP contribution in [0.2, 0.25) is 0 Å². The number of hydrogen-bond acceptors (Lipinski definition) is 3. The summed E-state index contributed by atoms with van der Waals surface area (Å²) in [5.41, 5.74) is 0. The molecule has 0 aliphatic carbocycles. The molecule has 0 aliphatic heterocycles. The van der Waals surface area contributed by atoms with Crippen LogP contribution >= 0.6 is 0 Å². The molecular weight excluding hydrogens is 279 g/mol. The van der Waals surface area contributed by atoms with Crippen molar-refractivity contribution in [2.24, 2.45) is 0 Å². The van der Waals surface area contributed by atoms with Crippen molar-refractivity contribution in [2.45, 2.75) is 0 Å². The van der Waals surface area contributed by atoms with Crippen LogP contribution in [0.3, 0.4) is 0 Å². The first-order valence-electron chi connectivity index (χ1n) is 0.707. The van der Waals surface area contributed by atoms with Crippen molar-refractivity contribution in [3.8, 4) is 0 Å². The molecule has 0 rings (SSSR count). The van der Waals surface area contributed by atoms with Crippen LogP contribution in [-0.2, 0) is 6.28 Å². The van der Waals surface area contributed by atoms with E-state index in [2.05, 4.69) is 0 Å². The molecule has 0 unspecified atom stereocenters. The van der Waals surface area contributed by atoms with Crippen LogP contribution in [0.15, 0.2) is 0 Å². The summed E-state index contributed by atoms with van der Waals surface area (Å²) in [6.07, 6.45) is 0. The quantitative estimate of drug-likeness (QED) is 0.608. The van der Waals surface area contributed by atoms with Gasteiger partial charge in [0, 0.05) is 0 Å². The molecule has 0 bridgehead atoms. The standard InChI is InChI=1S/3O.Pa. The monoisotopic (exact) mass is 279 g/mol. The molecule has 0 atom stereocenters. The zero-order valence-electron chi connectivity index (χ0n) is 1.80. The van der Waals surface area contributed by atoms with Crippen molar-refractivity contribution in [3.05, 3.63) is 0 Å². The van der Waals surface area contributed by atoms with Crippen molar-refractivity contribution in [1.29, 1.82) is 0 Å². The van der Waals surface area contributed by atoms with Gasteiger partial charge in [0.15, 0.2) is 0 Å². The summed E-state index contributed by atoms with van der Waals surface area (Å²) in [5, 5.41) is 0. The third-order valence-corrected chi connectivity index (χ3v) is 0. The third kappa shape index (κ3) is 23.0. The molecule has 0 saturated heterocycles. The van der Waals surface area contributed by atoms with Gasteiger partial charge in [0.25, 0.3) is 0 Å². The molecule has 0 aromatic rings. The minimum absolute atomic E-state index is 4.52. The molecule has 0 heterocycles. The van der Waals surface area contributed by atoms with Gasteiger partial charge in [0.05, 0.1) is 0 Å². The molecule has 0 aromatic heterocycles. The summed E-state index contributed by atoms with van der Waals surface area (Å²) >= 11 is -4.52. The van der Waals surface area contributed by atoms with Gasteiger partial charge in [-0.05, 0) is 0 Å². The molecule has 0 aliphatic rings. The van der Waals surface area contributed by atoms with E-state index in [0.717, 1.165) is 0 Å². The second-order valence-corrected chi connectivity index (χ2v) is 2.69. The maximum atomic E-state index is 8.65. The van der Waals surface area contributed by atoms with Crippen LogP contribution in [0.5, 0.6) is 0 Å². The van der Waals surface area contributed by atoms with Gasteiger partial charge in [-0.15, -0.1) is 0 Å². The second-order valence-electron chi connectivity index (χ2n) is 0.289. The van der Waals surface area contributed by atoms with E-state index < -0.39 is 27.2 Å². The Morgan fingerprint density at radius 2 is 1.00 bits per heavy atom. The second kappa shape index (κ2) is 1.78. The average Bonchev–Trinajstić information content (AvgIpc) is 0.811. The molecule has 4 heteroatoms. The van der Waals surface area contributed by atoms with Gasteiger partial charge in [-0.1, -0.05) is 0 Å². The summed E-state index contributed by atoms with van der Waals surface area (Å²) < 4.78 is 25.9. The van der Waals surface area contributed by atoms with Gasteiger partial charge >= 0.3 is 33.5 Å². The Labute approximate surface area is 33.6 Å². The molecular formula is O3Pa. The van der Waals surface area contributed by atoms with E-state index in [0.29, 0.717) is 0 Å². The van der Waals surface area contributed by atoms with E-state index in [1.165, 1.54) is 0 Å². The fraction of sp³-hybridized carbons (Fsp3) is 0. The molecule has 0 saturated carbocycles.